The summed E-state index contributed by atoms with van der Waals surface area (Å²) in [5, 5.41) is 1.80. The Balaban J connectivity index is 2.95. The Bertz CT molecular complexity index is 431. The predicted octanol–water partition coefficient (Wildman–Crippen LogP) is 6.35. The van der Waals surface area contributed by atoms with Gasteiger partial charge in [-0.25, -0.2) is 0 Å². The van der Waals surface area contributed by atoms with Crippen molar-refractivity contribution in [2.75, 3.05) is 11.9 Å². The van der Waals surface area contributed by atoms with Crippen molar-refractivity contribution in [2.24, 2.45) is 5.41 Å². The van der Waals surface area contributed by atoms with Gasteiger partial charge in [-0.3, -0.25) is 0 Å². The summed E-state index contributed by atoms with van der Waals surface area (Å²) < 4.78 is 6.13. The molecule has 0 fully saturated rings. The molecule has 0 aliphatic heterocycles. The zero-order valence-electron chi connectivity index (χ0n) is 13.2. The van der Waals surface area contributed by atoms with Crippen LogP contribution < -0.4 is 4.74 Å². The number of ether oxygens (including phenoxy) is 1. The molecule has 0 saturated carbocycles. The van der Waals surface area contributed by atoms with Gasteiger partial charge in [-0.1, -0.05) is 55.2 Å². The standard InChI is InChI=1S/C17H26BrClO/c1-6-17(7-2,10-18)11-20-16-9-14(12(3)4)15(19)8-13(16)5/h8-9,12H,6-7,10-11H2,1-5H3. The highest BCUT2D eigenvalue weighted by atomic mass is 79.9. The second-order valence-electron chi connectivity index (χ2n) is 5.92. The van der Waals surface area contributed by atoms with Gasteiger partial charge in [-0.2, -0.15) is 0 Å². The van der Waals surface area contributed by atoms with Crippen LogP contribution in [0.2, 0.25) is 5.02 Å². The smallest absolute Gasteiger partial charge is 0.122 e. The largest absolute Gasteiger partial charge is 0.493 e. The molecule has 20 heavy (non-hydrogen) atoms. The number of hydrogen-bond acceptors (Lipinski definition) is 1. The summed E-state index contributed by atoms with van der Waals surface area (Å²) in [6.45, 7) is 11.6. The van der Waals surface area contributed by atoms with Gasteiger partial charge in [-0.15, -0.1) is 0 Å². The molecule has 0 unspecified atom stereocenters. The SMILES string of the molecule is CCC(CC)(CBr)COc1cc(C(C)C)c(Cl)cc1C. The molecule has 1 aromatic rings. The number of alkyl halides is 1. The van der Waals surface area contributed by atoms with Crippen molar-refractivity contribution >= 4 is 27.5 Å². The lowest BCUT2D eigenvalue weighted by Gasteiger charge is -2.29. The van der Waals surface area contributed by atoms with Crippen LogP contribution >= 0.6 is 27.5 Å². The van der Waals surface area contributed by atoms with Crippen molar-refractivity contribution in [3.63, 3.8) is 0 Å². The minimum atomic E-state index is 0.212. The molecule has 0 heterocycles. The third-order valence-corrected chi connectivity index (χ3v) is 5.75. The molecule has 3 heteroatoms. The van der Waals surface area contributed by atoms with Crippen LogP contribution in [0.25, 0.3) is 0 Å². The molecule has 0 N–H and O–H groups in total. The Morgan fingerprint density at radius 3 is 2.30 bits per heavy atom. The quantitative estimate of drug-likeness (QED) is 0.514. The van der Waals surface area contributed by atoms with E-state index in [2.05, 4.69) is 56.6 Å². The Labute approximate surface area is 137 Å². The third kappa shape index (κ3) is 4.14. The molecule has 0 radical (unpaired) electrons. The number of benzene rings is 1. The summed E-state index contributed by atoms with van der Waals surface area (Å²) in [6.07, 6.45) is 2.22. The van der Waals surface area contributed by atoms with Gasteiger partial charge in [0.25, 0.3) is 0 Å². The molecule has 1 aromatic carbocycles. The summed E-state index contributed by atoms with van der Waals surface area (Å²) in [6, 6.07) is 4.12. The Morgan fingerprint density at radius 2 is 1.85 bits per heavy atom. The summed E-state index contributed by atoms with van der Waals surface area (Å²) in [4.78, 5) is 0. The lowest BCUT2D eigenvalue weighted by Crippen LogP contribution is -2.29. The average Bonchev–Trinajstić information content (AvgIpc) is 2.42. The minimum absolute atomic E-state index is 0.212. The molecule has 114 valence electrons. The van der Waals surface area contributed by atoms with Crippen molar-refractivity contribution in [3.05, 3.63) is 28.3 Å². The molecule has 1 rings (SSSR count). The molecule has 0 spiro atoms. The number of aryl methyl sites for hydroxylation is 1. The van der Waals surface area contributed by atoms with E-state index >= 15 is 0 Å². The fraction of sp³-hybridized carbons (Fsp3) is 0.647. The maximum atomic E-state index is 6.31. The van der Waals surface area contributed by atoms with Crippen LogP contribution in [0, 0.1) is 12.3 Å². The number of rotatable bonds is 7. The highest BCUT2D eigenvalue weighted by Gasteiger charge is 2.26. The lowest BCUT2D eigenvalue weighted by molar-refractivity contribution is 0.157. The van der Waals surface area contributed by atoms with E-state index in [0.717, 1.165) is 46.7 Å². The Morgan fingerprint density at radius 1 is 1.25 bits per heavy atom. The van der Waals surface area contributed by atoms with Crippen LogP contribution in [-0.2, 0) is 0 Å². The fourth-order valence-electron chi connectivity index (χ4n) is 2.18. The Kier molecular flexibility index (Phi) is 6.87. The zero-order chi connectivity index (χ0) is 15.3. The van der Waals surface area contributed by atoms with Crippen LogP contribution in [0.5, 0.6) is 5.75 Å². The first-order chi connectivity index (χ1) is 9.39. The lowest BCUT2D eigenvalue weighted by atomic mass is 9.86. The van der Waals surface area contributed by atoms with E-state index in [4.69, 9.17) is 16.3 Å². The summed E-state index contributed by atoms with van der Waals surface area (Å²) >= 11 is 9.94. The van der Waals surface area contributed by atoms with Crippen LogP contribution in [0.3, 0.4) is 0 Å². The molecular formula is C17H26BrClO. The summed E-state index contributed by atoms with van der Waals surface area (Å²) in [5.74, 6) is 1.37. The van der Waals surface area contributed by atoms with Gasteiger partial charge in [0.1, 0.15) is 5.75 Å². The van der Waals surface area contributed by atoms with E-state index in [1.807, 2.05) is 6.07 Å². The zero-order valence-corrected chi connectivity index (χ0v) is 15.6. The van der Waals surface area contributed by atoms with Gasteiger partial charge in [0.15, 0.2) is 0 Å². The number of hydrogen-bond donors (Lipinski definition) is 0. The van der Waals surface area contributed by atoms with E-state index in [1.54, 1.807) is 0 Å². The van der Waals surface area contributed by atoms with Crippen LogP contribution in [0.4, 0.5) is 0 Å². The van der Waals surface area contributed by atoms with Gasteiger partial charge >= 0.3 is 0 Å². The maximum Gasteiger partial charge on any atom is 0.122 e. The molecule has 1 nitrogen and oxygen atoms in total. The number of halogens is 2. The second-order valence-corrected chi connectivity index (χ2v) is 6.89. The molecule has 0 atom stereocenters. The van der Waals surface area contributed by atoms with Gasteiger partial charge in [0.2, 0.25) is 0 Å². The first-order valence-electron chi connectivity index (χ1n) is 7.38. The van der Waals surface area contributed by atoms with Gasteiger partial charge in [-0.05, 0) is 48.9 Å². The van der Waals surface area contributed by atoms with Gasteiger partial charge in [0, 0.05) is 15.8 Å². The van der Waals surface area contributed by atoms with Crippen molar-refractivity contribution in [3.8, 4) is 5.75 Å². The summed E-state index contributed by atoms with van der Waals surface area (Å²) in [7, 11) is 0. The third-order valence-electron chi connectivity index (χ3n) is 4.23. The van der Waals surface area contributed by atoms with Crippen molar-refractivity contribution < 1.29 is 4.74 Å². The molecule has 0 amide bonds. The highest BCUT2D eigenvalue weighted by molar-refractivity contribution is 9.09. The normalized spacial score (nSPS) is 12.0. The molecule has 0 aliphatic rings. The fourth-order valence-corrected chi connectivity index (χ4v) is 3.57. The molecule has 0 aromatic heterocycles. The molecule has 0 aliphatic carbocycles. The monoisotopic (exact) mass is 360 g/mol. The maximum absolute atomic E-state index is 6.31. The van der Waals surface area contributed by atoms with Crippen molar-refractivity contribution in [1.29, 1.82) is 0 Å². The van der Waals surface area contributed by atoms with Crippen molar-refractivity contribution in [2.45, 2.75) is 53.4 Å². The van der Waals surface area contributed by atoms with Crippen LogP contribution in [0.15, 0.2) is 12.1 Å². The van der Waals surface area contributed by atoms with E-state index in [1.165, 1.54) is 0 Å². The molecular weight excluding hydrogens is 336 g/mol. The first-order valence-corrected chi connectivity index (χ1v) is 8.87. The first kappa shape index (κ1) is 17.8. The van der Waals surface area contributed by atoms with E-state index in [0.29, 0.717) is 5.92 Å². The van der Waals surface area contributed by atoms with Gasteiger partial charge in [0.05, 0.1) is 6.61 Å². The second kappa shape index (κ2) is 7.70. The van der Waals surface area contributed by atoms with E-state index in [-0.39, 0.29) is 5.41 Å². The predicted molar refractivity (Wildman–Crippen MR) is 92.6 cm³/mol. The molecule has 0 bridgehead atoms. The Hall–Kier alpha value is -0.210. The topological polar surface area (TPSA) is 9.23 Å². The minimum Gasteiger partial charge on any atom is -0.493 e. The van der Waals surface area contributed by atoms with Crippen LogP contribution in [0.1, 0.15) is 57.6 Å². The summed E-state index contributed by atoms with van der Waals surface area (Å²) in [5.41, 5.74) is 2.48. The average molecular weight is 362 g/mol. The van der Waals surface area contributed by atoms with E-state index in [9.17, 15) is 0 Å². The molecule has 0 saturated heterocycles. The van der Waals surface area contributed by atoms with Crippen LogP contribution in [-0.4, -0.2) is 11.9 Å². The van der Waals surface area contributed by atoms with Gasteiger partial charge < -0.3 is 4.74 Å². The highest BCUT2D eigenvalue weighted by Crippen LogP contribution is 2.34. The van der Waals surface area contributed by atoms with E-state index < -0.39 is 0 Å². The van der Waals surface area contributed by atoms with Crippen molar-refractivity contribution in [1.82, 2.24) is 0 Å².